The average Bonchev–Trinajstić information content (AvgIpc) is 3.09. The van der Waals surface area contributed by atoms with E-state index in [1.54, 1.807) is 16.2 Å². The minimum absolute atomic E-state index is 0.0834. The van der Waals surface area contributed by atoms with Crippen LogP contribution in [0.15, 0.2) is 36.0 Å². The van der Waals surface area contributed by atoms with Crippen LogP contribution >= 0.6 is 11.3 Å². The first-order chi connectivity index (χ1) is 9.27. The first-order valence-corrected chi connectivity index (χ1v) is 7.09. The monoisotopic (exact) mass is 276 g/mol. The zero-order chi connectivity index (χ0) is 13.2. The smallest absolute Gasteiger partial charge is 0.257 e. The Labute approximate surface area is 114 Å². The lowest BCUT2D eigenvalue weighted by molar-refractivity contribution is 0.0733. The van der Waals surface area contributed by atoms with Crippen LogP contribution < -0.4 is 0 Å². The van der Waals surface area contributed by atoms with Crippen LogP contribution in [0, 0.1) is 5.82 Å². The Morgan fingerprint density at radius 2 is 2.37 bits per heavy atom. The topological polar surface area (TPSA) is 33.2 Å². The molecule has 19 heavy (non-hydrogen) atoms. The van der Waals surface area contributed by atoms with E-state index in [0.29, 0.717) is 6.54 Å². The molecule has 3 heterocycles. The fourth-order valence-electron chi connectivity index (χ4n) is 2.49. The van der Waals surface area contributed by atoms with E-state index in [0.717, 1.165) is 19.0 Å². The molecular weight excluding hydrogens is 263 g/mol. The Hall–Kier alpha value is -1.75. The number of nitrogens with zero attached hydrogens (tertiary/aromatic N) is 2. The van der Waals surface area contributed by atoms with Gasteiger partial charge in [-0.25, -0.2) is 4.39 Å². The summed E-state index contributed by atoms with van der Waals surface area (Å²) < 4.78 is 13.7. The fraction of sp³-hybridized carbons (Fsp3) is 0.286. The first kappa shape index (κ1) is 12.3. The number of pyridine rings is 1. The summed E-state index contributed by atoms with van der Waals surface area (Å²) in [7, 11) is 0. The molecule has 0 aromatic carbocycles. The lowest BCUT2D eigenvalue weighted by Crippen LogP contribution is -2.30. The van der Waals surface area contributed by atoms with Gasteiger partial charge in [0.05, 0.1) is 17.8 Å². The quantitative estimate of drug-likeness (QED) is 0.843. The number of halogens is 1. The van der Waals surface area contributed by atoms with Crippen LogP contribution in [0.5, 0.6) is 0 Å². The maximum atomic E-state index is 13.7. The summed E-state index contributed by atoms with van der Waals surface area (Å²) in [5.41, 5.74) is 0.110. The number of carbonyl (C=O) groups excluding carboxylic acids is 1. The van der Waals surface area contributed by atoms with Gasteiger partial charge in [0.15, 0.2) is 5.82 Å². The van der Waals surface area contributed by atoms with Crippen molar-refractivity contribution in [3.8, 4) is 0 Å². The molecule has 3 nitrogen and oxygen atoms in total. The largest absolute Gasteiger partial charge is 0.331 e. The Bertz CT molecular complexity index is 585. The molecule has 1 aliphatic rings. The SMILES string of the molecule is O=C(c1ccncc1F)N1CCCC1c1cccs1. The number of carbonyl (C=O) groups is 1. The maximum absolute atomic E-state index is 13.7. The van der Waals surface area contributed by atoms with Crippen LogP contribution in [0.1, 0.15) is 34.1 Å². The highest BCUT2D eigenvalue weighted by molar-refractivity contribution is 7.10. The van der Waals surface area contributed by atoms with Crippen molar-refractivity contribution >= 4 is 17.2 Å². The second-order valence-electron chi connectivity index (χ2n) is 4.53. The highest BCUT2D eigenvalue weighted by Crippen LogP contribution is 2.35. The zero-order valence-electron chi connectivity index (χ0n) is 10.3. The highest BCUT2D eigenvalue weighted by Gasteiger charge is 2.32. The van der Waals surface area contributed by atoms with Crippen molar-refractivity contribution in [1.29, 1.82) is 0 Å². The number of thiophene rings is 1. The summed E-state index contributed by atoms with van der Waals surface area (Å²) in [4.78, 5) is 19.1. The van der Waals surface area contributed by atoms with Crippen molar-refractivity contribution in [3.05, 3.63) is 52.2 Å². The van der Waals surface area contributed by atoms with Crippen LogP contribution in [0.4, 0.5) is 4.39 Å². The van der Waals surface area contributed by atoms with Crippen molar-refractivity contribution in [2.45, 2.75) is 18.9 Å². The minimum Gasteiger partial charge on any atom is -0.331 e. The summed E-state index contributed by atoms with van der Waals surface area (Å²) >= 11 is 1.64. The molecule has 5 heteroatoms. The Morgan fingerprint density at radius 1 is 1.47 bits per heavy atom. The van der Waals surface area contributed by atoms with Crippen molar-refractivity contribution in [1.82, 2.24) is 9.88 Å². The lowest BCUT2D eigenvalue weighted by atomic mass is 10.1. The molecular formula is C14H13FN2OS. The van der Waals surface area contributed by atoms with Gasteiger partial charge >= 0.3 is 0 Å². The molecule has 2 aromatic heterocycles. The number of likely N-dealkylation sites (tertiary alicyclic amines) is 1. The van der Waals surface area contributed by atoms with E-state index in [1.807, 2.05) is 17.5 Å². The molecule has 1 amide bonds. The summed E-state index contributed by atoms with van der Waals surface area (Å²) in [6, 6.07) is 5.54. The van der Waals surface area contributed by atoms with Gasteiger partial charge in [0.1, 0.15) is 0 Å². The molecule has 1 aliphatic heterocycles. The van der Waals surface area contributed by atoms with Gasteiger partial charge in [-0.05, 0) is 30.4 Å². The average molecular weight is 276 g/mol. The van der Waals surface area contributed by atoms with Crippen molar-refractivity contribution in [3.63, 3.8) is 0 Å². The molecule has 0 bridgehead atoms. The van der Waals surface area contributed by atoms with Gasteiger partial charge < -0.3 is 4.90 Å². The number of rotatable bonds is 2. The van der Waals surface area contributed by atoms with Gasteiger partial charge in [-0.3, -0.25) is 9.78 Å². The highest BCUT2D eigenvalue weighted by atomic mass is 32.1. The molecule has 1 fully saturated rings. The van der Waals surface area contributed by atoms with Crippen LogP contribution in [0.25, 0.3) is 0 Å². The van der Waals surface area contributed by atoms with E-state index >= 15 is 0 Å². The van der Waals surface area contributed by atoms with Crippen LogP contribution in [0.3, 0.4) is 0 Å². The van der Waals surface area contributed by atoms with E-state index in [4.69, 9.17) is 0 Å². The normalized spacial score (nSPS) is 18.8. The van der Waals surface area contributed by atoms with E-state index in [2.05, 4.69) is 4.98 Å². The number of hydrogen-bond donors (Lipinski definition) is 0. The van der Waals surface area contributed by atoms with Crippen molar-refractivity contribution in [2.75, 3.05) is 6.54 Å². The Morgan fingerprint density at radius 3 is 3.11 bits per heavy atom. The van der Waals surface area contributed by atoms with E-state index in [9.17, 15) is 9.18 Å². The predicted octanol–water partition coefficient (Wildman–Crippen LogP) is 3.26. The standard InChI is InChI=1S/C14H13FN2OS/c15-11-9-16-6-5-10(11)14(18)17-7-1-3-12(17)13-4-2-8-19-13/h2,4-6,8-9,12H,1,3,7H2. The molecule has 0 radical (unpaired) electrons. The first-order valence-electron chi connectivity index (χ1n) is 6.21. The van der Waals surface area contributed by atoms with Crippen LogP contribution in [0.2, 0.25) is 0 Å². The Balaban J connectivity index is 1.89. The summed E-state index contributed by atoms with van der Waals surface area (Å²) in [6.07, 6.45) is 4.44. The number of amides is 1. The third-order valence-corrected chi connectivity index (χ3v) is 4.36. The molecule has 1 unspecified atom stereocenters. The van der Waals surface area contributed by atoms with E-state index < -0.39 is 5.82 Å². The lowest BCUT2D eigenvalue weighted by Gasteiger charge is -2.24. The molecule has 0 saturated carbocycles. The second-order valence-corrected chi connectivity index (χ2v) is 5.51. The maximum Gasteiger partial charge on any atom is 0.257 e. The molecule has 2 aromatic rings. The third-order valence-electron chi connectivity index (χ3n) is 3.39. The minimum atomic E-state index is -0.552. The molecule has 1 atom stereocenters. The molecule has 0 aliphatic carbocycles. The summed E-state index contributed by atoms with van der Waals surface area (Å²) in [6.45, 7) is 0.684. The van der Waals surface area contributed by atoms with Crippen molar-refractivity contribution < 1.29 is 9.18 Å². The van der Waals surface area contributed by atoms with Gasteiger partial charge in [0.2, 0.25) is 0 Å². The zero-order valence-corrected chi connectivity index (χ0v) is 11.1. The molecule has 3 rings (SSSR count). The van der Waals surface area contributed by atoms with E-state index in [1.165, 1.54) is 17.1 Å². The predicted molar refractivity (Wildman–Crippen MR) is 71.5 cm³/mol. The van der Waals surface area contributed by atoms with E-state index in [-0.39, 0.29) is 17.5 Å². The summed E-state index contributed by atoms with van der Waals surface area (Å²) in [5.74, 6) is -0.792. The third kappa shape index (κ3) is 2.26. The van der Waals surface area contributed by atoms with Crippen LogP contribution in [-0.2, 0) is 0 Å². The van der Waals surface area contributed by atoms with Gasteiger partial charge in [0.25, 0.3) is 5.91 Å². The van der Waals surface area contributed by atoms with Gasteiger partial charge in [-0.1, -0.05) is 6.07 Å². The fourth-order valence-corrected chi connectivity index (χ4v) is 3.36. The Kier molecular flexibility index (Phi) is 3.29. The van der Waals surface area contributed by atoms with Gasteiger partial charge in [-0.2, -0.15) is 0 Å². The van der Waals surface area contributed by atoms with Crippen molar-refractivity contribution in [2.24, 2.45) is 0 Å². The molecule has 98 valence electrons. The molecule has 1 saturated heterocycles. The molecule has 0 spiro atoms. The number of hydrogen-bond acceptors (Lipinski definition) is 3. The second kappa shape index (κ2) is 5.09. The molecule has 0 N–H and O–H groups in total. The van der Waals surface area contributed by atoms with Gasteiger partial charge in [-0.15, -0.1) is 11.3 Å². The van der Waals surface area contributed by atoms with Crippen LogP contribution in [-0.4, -0.2) is 22.3 Å². The van der Waals surface area contributed by atoms with Gasteiger partial charge in [0, 0.05) is 17.6 Å². The summed E-state index contributed by atoms with van der Waals surface area (Å²) in [5, 5.41) is 2.00. The number of aromatic nitrogens is 1.